The second-order valence-corrected chi connectivity index (χ2v) is 13.4. The maximum absolute atomic E-state index is 13.3. The average molecular weight is 772 g/mol. The number of carbonyl (C=O) groups is 5. The number of aromatic nitrogens is 4. The van der Waals surface area contributed by atoms with Gasteiger partial charge in [-0.15, -0.1) is 0 Å². The summed E-state index contributed by atoms with van der Waals surface area (Å²) in [6.45, 7) is 1.67. The number of phosphoric ester groups is 1. The molecule has 2 heterocycles. The van der Waals surface area contributed by atoms with Gasteiger partial charge >= 0.3 is 25.7 Å². The zero-order valence-corrected chi connectivity index (χ0v) is 29.9. The molecule has 6 N–H and O–H groups in total. The molecule has 0 aliphatic heterocycles. The number of hydrogen-bond acceptors (Lipinski definition) is 15. The number of carboxylic acid groups (broad SMARTS) is 2. The number of rotatable bonds is 21. The van der Waals surface area contributed by atoms with Crippen molar-refractivity contribution in [2.45, 2.75) is 64.5 Å². The number of hydrogen-bond donors (Lipinski definition) is 6. The van der Waals surface area contributed by atoms with Crippen molar-refractivity contribution in [3.63, 3.8) is 0 Å². The SMILES string of the molecule is C#COP(=O)(OCC)OCCCCOC(=O)C1(C(=O)Nc2nc3ncc(CNc4ccc(C(=O)N[C@H](CCC(=O)O)C(=O)O)cc4)nc3c(=O)[nH]2)CCC1. The van der Waals surface area contributed by atoms with Gasteiger partial charge in [0.15, 0.2) is 11.2 Å². The van der Waals surface area contributed by atoms with E-state index in [0.717, 1.165) is 0 Å². The molecule has 4 rings (SSSR count). The Morgan fingerprint density at radius 1 is 1.07 bits per heavy atom. The molecule has 1 fully saturated rings. The van der Waals surface area contributed by atoms with E-state index < -0.39 is 61.0 Å². The zero-order chi connectivity index (χ0) is 39.3. The highest BCUT2D eigenvalue weighted by atomic mass is 31.2. The number of terminal acetylenes is 1. The Hall–Kier alpha value is -5.90. The average Bonchev–Trinajstić information content (AvgIpc) is 3.10. The summed E-state index contributed by atoms with van der Waals surface area (Å²) in [4.78, 5) is 88.9. The van der Waals surface area contributed by atoms with Gasteiger partial charge in [0.1, 0.15) is 17.6 Å². The Labute approximate surface area is 307 Å². The van der Waals surface area contributed by atoms with Gasteiger partial charge in [-0.25, -0.2) is 19.3 Å². The fourth-order valence-electron chi connectivity index (χ4n) is 5.07. The Morgan fingerprint density at radius 2 is 1.80 bits per heavy atom. The highest BCUT2D eigenvalue weighted by Crippen LogP contribution is 2.49. The van der Waals surface area contributed by atoms with E-state index in [1.54, 1.807) is 25.2 Å². The largest absolute Gasteiger partial charge is 0.538 e. The van der Waals surface area contributed by atoms with Crippen LogP contribution in [0.5, 0.6) is 0 Å². The Morgan fingerprint density at radius 3 is 2.43 bits per heavy atom. The normalized spacial score (nSPS) is 14.7. The number of aromatic amines is 1. The van der Waals surface area contributed by atoms with Crippen molar-refractivity contribution in [3.05, 3.63) is 52.1 Å². The van der Waals surface area contributed by atoms with Crippen LogP contribution in [0.2, 0.25) is 0 Å². The van der Waals surface area contributed by atoms with Crippen LogP contribution in [0, 0.1) is 17.9 Å². The number of ether oxygens (including phenoxy) is 1. The number of H-pyrrole nitrogens is 1. The van der Waals surface area contributed by atoms with Crippen LogP contribution in [0.15, 0.2) is 35.3 Å². The number of aliphatic carboxylic acids is 2. The minimum Gasteiger partial charge on any atom is -0.481 e. The molecule has 288 valence electrons. The molecule has 1 unspecified atom stereocenters. The van der Waals surface area contributed by atoms with E-state index in [1.165, 1.54) is 18.3 Å². The van der Waals surface area contributed by atoms with Crippen molar-refractivity contribution in [1.29, 1.82) is 0 Å². The van der Waals surface area contributed by atoms with Crippen LogP contribution in [0.1, 0.15) is 67.9 Å². The van der Waals surface area contributed by atoms with Crippen LogP contribution in [-0.4, -0.2) is 85.7 Å². The van der Waals surface area contributed by atoms with Gasteiger partial charge < -0.3 is 30.1 Å². The van der Waals surface area contributed by atoms with E-state index in [-0.39, 0.29) is 68.3 Å². The van der Waals surface area contributed by atoms with Gasteiger partial charge in [0.2, 0.25) is 11.9 Å². The number of phosphoric acid groups is 1. The van der Waals surface area contributed by atoms with Gasteiger partial charge in [-0.05, 0) is 63.3 Å². The molecule has 0 saturated heterocycles. The van der Waals surface area contributed by atoms with Crippen LogP contribution in [-0.2, 0) is 48.6 Å². The maximum Gasteiger partial charge on any atom is 0.538 e. The highest BCUT2D eigenvalue weighted by molar-refractivity contribution is 7.48. The van der Waals surface area contributed by atoms with Crippen molar-refractivity contribution in [2.75, 3.05) is 30.5 Å². The third-order valence-corrected chi connectivity index (χ3v) is 9.48. The molecule has 1 aromatic carbocycles. The lowest BCUT2D eigenvalue weighted by atomic mass is 9.68. The molecule has 21 heteroatoms. The molecule has 1 aliphatic rings. The number of carboxylic acids is 2. The number of unbranched alkanes of at least 4 members (excludes halogenated alkanes) is 1. The molecule has 0 radical (unpaired) electrons. The number of nitrogens with one attached hydrogen (secondary N) is 4. The summed E-state index contributed by atoms with van der Waals surface area (Å²) < 4.78 is 32.2. The van der Waals surface area contributed by atoms with Crippen molar-refractivity contribution in [3.8, 4) is 12.5 Å². The molecule has 2 amide bonds. The second-order valence-electron chi connectivity index (χ2n) is 11.8. The maximum atomic E-state index is 13.3. The molecule has 2 atom stereocenters. The molecule has 1 aliphatic carbocycles. The number of anilines is 2. The third-order valence-electron chi connectivity index (χ3n) is 8.08. The Balaban J connectivity index is 1.29. The molecular weight excluding hydrogens is 733 g/mol. The first kappa shape index (κ1) is 40.9. The van der Waals surface area contributed by atoms with E-state index >= 15 is 0 Å². The van der Waals surface area contributed by atoms with Gasteiger partial charge in [-0.3, -0.25) is 43.3 Å². The lowest BCUT2D eigenvalue weighted by molar-refractivity contribution is -0.166. The molecule has 0 spiro atoms. The van der Waals surface area contributed by atoms with E-state index in [4.69, 9.17) is 25.3 Å². The van der Waals surface area contributed by atoms with Gasteiger partial charge in [0.25, 0.3) is 11.5 Å². The van der Waals surface area contributed by atoms with Gasteiger partial charge in [-0.2, -0.15) is 4.98 Å². The van der Waals surface area contributed by atoms with E-state index in [9.17, 15) is 38.4 Å². The van der Waals surface area contributed by atoms with Crippen molar-refractivity contribution in [2.24, 2.45) is 5.41 Å². The smallest absolute Gasteiger partial charge is 0.481 e. The monoisotopic (exact) mass is 771 g/mol. The Bertz CT molecular complexity index is 2010. The number of fused-ring (bicyclic) bond motifs is 1. The summed E-state index contributed by atoms with van der Waals surface area (Å²) in [5.41, 5.74) is -1.29. The van der Waals surface area contributed by atoms with Crippen LogP contribution in [0.4, 0.5) is 11.6 Å². The summed E-state index contributed by atoms with van der Waals surface area (Å²) in [7, 11) is -3.88. The fourth-order valence-corrected chi connectivity index (χ4v) is 6.05. The second kappa shape index (κ2) is 18.7. The summed E-state index contributed by atoms with van der Waals surface area (Å²) in [5, 5.41) is 25.9. The molecule has 0 bridgehead atoms. The minimum atomic E-state index is -3.88. The summed E-state index contributed by atoms with van der Waals surface area (Å²) in [6.07, 6.45) is 9.15. The minimum absolute atomic E-state index is 0.0425. The number of carbonyl (C=O) groups excluding carboxylic acids is 3. The molecule has 2 aromatic heterocycles. The first-order chi connectivity index (χ1) is 25.8. The highest BCUT2D eigenvalue weighted by Gasteiger charge is 2.52. The van der Waals surface area contributed by atoms with Crippen LogP contribution in [0.25, 0.3) is 11.2 Å². The summed E-state index contributed by atoms with van der Waals surface area (Å²) >= 11 is 0. The lowest BCUT2D eigenvalue weighted by Crippen LogP contribution is -2.49. The van der Waals surface area contributed by atoms with E-state index in [2.05, 4.69) is 40.4 Å². The van der Waals surface area contributed by atoms with Crippen LogP contribution < -0.4 is 21.5 Å². The first-order valence-electron chi connectivity index (χ1n) is 16.7. The molecule has 20 nitrogen and oxygen atoms in total. The Kier molecular flexibility index (Phi) is 14.2. The molecule has 1 saturated carbocycles. The van der Waals surface area contributed by atoms with Crippen molar-refractivity contribution in [1.82, 2.24) is 25.3 Å². The van der Waals surface area contributed by atoms with Gasteiger partial charge in [0.05, 0.1) is 38.3 Å². The summed E-state index contributed by atoms with van der Waals surface area (Å²) in [5.74, 6) is -4.90. The number of amides is 2. The molecule has 54 heavy (non-hydrogen) atoms. The number of esters is 1. The van der Waals surface area contributed by atoms with Crippen LogP contribution in [0.3, 0.4) is 0 Å². The number of benzene rings is 1. The standard InChI is InChI=1S/C33H38N7O13P/c1-3-51-54(49,52-4-2)53-17-6-5-16-50-31(48)33(14-7-15-33)30(47)40-32-38-26-25(28(44)39-32)36-22(19-35-26)18-34-21-10-8-20(9-11-21)27(43)37-23(29(45)46)12-13-24(41)42/h1,8-11,19,23,34H,4-7,12-18H2,2H3,(H,37,43)(H,41,42)(H,45,46)(H2,35,38,39,40,44,47)/t23-,54?/m1/s1. The van der Waals surface area contributed by atoms with Crippen LogP contribution >= 0.6 is 7.82 Å². The fraction of sp³-hybridized carbons (Fsp3) is 0.424. The van der Waals surface area contributed by atoms with E-state index in [0.29, 0.717) is 30.6 Å². The molecule has 3 aromatic rings. The number of nitrogens with zero attached hydrogens (tertiary/aromatic N) is 3. The zero-order valence-electron chi connectivity index (χ0n) is 29.0. The predicted octanol–water partition coefficient (Wildman–Crippen LogP) is 2.57. The lowest BCUT2D eigenvalue weighted by Gasteiger charge is -2.37. The quantitative estimate of drug-likeness (QED) is 0.0298. The van der Waals surface area contributed by atoms with Gasteiger partial charge in [-0.1, -0.05) is 12.8 Å². The first-order valence-corrected chi connectivity index (χ1v) is 18.1. The third kappa shape index (κ3) is 10.8. The van der Waals surface area contributed by atoms with Crippen molar-refractivity contribution < 1.29 is 57.1 Å². The van der Waals surface area contributed by atoms with Gasteiger partial charge in [0, 0.05) is 17.7 Å². The topological polar surface area (TPSA) is 287 Å². The van der Waals surface area contributed by atoms with Crippen molar-refractivity contribution >= 4 is 60.3 Å². The summed E-state index contributed by atoms with van der Waals surface area (Å²) in [6, 6.07) is 4.64. The molecular formula is C33H38N7O13P. The van der Waals surface area contributed by atoms with E-state index in [1.807, 2.05) is 0 Å². The predicted molar refractivity (Wildman–Crippen MR) is 188 cm³/mol.